The minimum absolute atomic E-state index is 0.591. The molecule has 3 atom stereocenters. The molecule has 0 heterocycles. The predicted octanol–water partition coefficient (Wildman–Crippen LogP) is 6.71. The first-order chi connectivity index (χ1) is 9.15. The van der Waals surface area contributed by atoms with Gasteiger partial charge < -0.3 is 0 Å². The molecular weight excluding hydrogens is 240 g/mol. The van der Waals surface area contributed by atoms with Crippen LogP contribution >= 0.6 is 0 Å². The van der Waals surface area contributed by atoms with Crippen LogP contribution in [0.15, 0.2) is 12.7 Å². The molecule has 0 spiro atoms. The van der Waals surface area contributed by atoms with Crippen LogP contribution in [0, 0.1) is 34.5 Å². The van der Waals surface area contributed by atoms with Gasteiger partial charge in [0.05, 0.1) is 0 Å². The molecule has 20 heavy (non-hydrogen) atoms. The molecule has 2 aliphatic carbocycles. The van der Waals surface area contributed by atoms with Gasteiger partial charge in [-0.05, 0) is 73.5 Å². The van der Waals surface area contributed by atoms with Crippen LogP contribution in [0.4, 0.5) is 0 Å². The van der Waals surface area contributed by atoms with Crippen LogP contribution in [0.3, 0.4) is 0 Å². The van der Waals surface area contributed by atoms with Gasteiger partial charge in [0.1, 0.15) is 0 Å². The van der Waals surface area contributed by atoms with Crippen molar-refractivity contribution in [3.05, 3.63) is 12.7 Å². The zero-order chi connectivity index (χ0) is 15.6. The molecule has 0 amide bonds. The minimum Gasteiger partial charge on any atom is -0.103 e. The Balaban J connectivity index is 0.000000612. The van der Waals surface area contributed by atoms with E-state index in [1.54, 1.807) is 6.08 Å². The lowest BCUT2D eigenvalue weighted by Gasteiger charge is -2.56. The third-order valence-electron chi connectivity index (χ3n) is 6.25. The van der Waals surface area contributed by atoms with E-state index in [-0.39, 0.29) is 0 Å². The van der Waals surface area contributed by atoms with E-state index >= 15 is 0 Å². The monoisotopic (exact) mass is 278 g/mol. The van der Waals surface area contributed by atoms with E-state index in [4.69, 9.17) is 0 Å². The quantitative estimate of drug-likeness (QED) is 0.467. The fraction of sp³-hybridized carbons (Fsp3) is 0.900. The largest absolute Gasteiger partial charge is 0.103 e. The van der Waals surface area contributed by atoms with Crippen LogP contribution < -0.4 is 0 Å². The molecule has 0 radical (unpaired) electrons. The van der Waals surface area contributed by atoms with Gasteiger partial charge in [0.2, 0.25) is 0 Å². The van der Waals surface area contributed by atoms with Gasteiger partial charge >= 0.3 is 0 Å². The van der Waals surface area contributed by atoms with Gasteiger partial charge in [0, 0.05) is 0 Å². The predicted molar refractivity (Wildman–Crippen MR) is 91.8 cm³/mol. The second-order valence-electron chi connectivity index (χ2n) is 8.92. The van der Waals surface area contributed by atoms with E-state index in [1.807, 2.05) is 6.92 Å². The molecule has 118 valence electrons. The molecule has 0 nitrogen and oxygen atoms in total. The third kappa shape index (κ3) is 3.89. The Bertz CT molecular complexity index is 308. The molecule has 2 aliphatic rings. The summed E-state index contributed by atoms with van der Waals surface area (Å²) >= 11 is 0. The molecular formula is C20H38. The van der Waals surface area contributed by atoms with Crippen molar-refractivity contribution in [2.45, 2.75) is 80.6 Å². The summed E-state index contributed by atoms with van der Waals surface area (Å²) in [5.41, 5.74) is 1.19. The standard InChI is InChI=1S/C17H32.C3H6/c1-12(2)13-7-8-14-15(11-13)17(5,6)10-9-16(14,3)4;1-3-2/h12-15H,7-11H2,1-6H3;3H,1H2,2H3. The van der Waals surface area contributed by atoms with Crippen LogP contribution in [-0.4, -0.2) is 0 Å². The maximum atomic E-state index is 3.36. The first-order valence-corrected chi connectivity index (χ1v) is 8.72. The second kappa shape index (κ2) is 6.67. The zero-order valence-electron chi connectivity index (χ0n) is 15.1. The highest BCUT2D eigenvalue weighted by atomic mass is 14.5. The van der Waals surface area contributed by atoms with Crippen LogP contribution in [0.2, 0.25) is 0 Å². The maximum Gasteiger partial charge on any atom is -0.0323 e. The number of fused-ring (bicyclic) bond motifs is 1. The lowest BCUT2D eigenvalue weighted by atomic mass is 9.49. The Kier molecular flexibility index (Phi) is 5.93. The minimum atomic E-state index is 0.591. The lowest BCUT2D eigenvalue weighted by molar-refractivity contribution is -0.0642. The summed E-state index contributed by atoms with van der Waals surface area (Å²) < 4.78 is 0. The summed E-state index contributed by atoms with van der Waals surface area (Å²) in [6.45, 7) is 20.2. The second-order valence-corrected chi connectivity index (χ2v) is 8.92. The molecule has 0 aromatic carbocycles. The van der Waals surface area contributed by atoms with Gasteiger partial charge in [0.15, 0.2) is 0 Å². The topological polar surface area (TPSA) is 0 Å². The molecule has 0 saturated heterocycles. The maximum absolute atomic E-state index is 3.36. The van der Waals surface area contributed by atoms with Crippen molar-refractivity contribution in [3.8, 4) is 0 Å². The van der Waals surface area contributed by atoms with Crippen molar-refractivity contribution in [1.29, 1.82) is 0 Å². The summed E-state index contributed by atoms with van der Waals surface area (Å²) in [6, 6.07) is 0. The summed E-state index contributed by atoms with van der Waals surface area (Å²) in [5.74, 6) is 3.84. The molecule has 0 aromatic heterocycles. The Hall–Kier alpha value is -0.260. The van der Waals surface area contributed by atoms with E-state index in [0.717, 1.165) is 23.7 Å². The molecule has 0 N–H and O–H groups in total. The molecule has 2 rings (SSSR count). The zero-order valence-corrected chi connectivity index (χ0v) is 15.1. The number of rotatable bonds is 1. The van der Waals surface area contributed by atoms with Gasteiger partial charge in [-0.25, -0.2) is 0 Å². The third-order valence-corrected chi connectivity index (χ3v) is 6.25. The van der Waals surface area contributed by atoms with Gasteiger partial charge in [-0.3, -0.25) is 0 Å². The van der Waals surface area contributed by atoms with E-state index in [1.165, 1.54) is 32.1 Å². The molecule has 0 bridgehead atoms. The number of hydrogen-bond donors (Lipinski definition) is 0. The molecule has 0 aromatic rings. The molecule has 3 unspecified atom stereocenters. The van der Waals surface area contributed by atoms with Crippen molar-refractivity contribution in [2.75, 3.05) is 0 Å². The number of allylic oxidation sites excluding steroid dienone is 1. The highest BCUT2D eigenvalue weighted by Crippen LogP contribution is 2.59. The fourth-order valence-electron chi connectivity index (χ4n) is 4.62. The van der Waals surface area contributed by atoms with Crippen LogP contribution in [0.1, 0.15) is 80.6 Å². The van der Waals surface area contributed by atoms with Gasteiger partial charge in [0.25, 0.3) is 0 Å². The summed E-state index contributed by atoms with van der Waals surface area (Å²) in [7, 11) is 0. The average Bonchev–Trinajstić information content (AvgIpc) is 2.36. The first kappa shape index (κ1) is 17.8. The van der Waals surface area contributed by atoms with E-state index < -0.39 is 0 Å². The molecule has 2 fully saturated rings. The van der Waals surface area contributed by atoms with Crippen molar-refractivity contribution in [2.24, 2.45) is 34.5 Å². The van der Waals surface area contributed by atoms with Crippen LogP contribution in [0.25, 0.3) is 0 Å². The summed E-state index contributed by atoms with van der Waals surface area (Å²) in [5, 5.41) is 0. The fourth-order valence-corrected chi connectivity index (χ4v) is 4.62. The highest BCUT2D eigenvalue weighted by molar-refractivity contribution is 4.99. The van der Waals surface area contributed by atoms with Gasteiger partial charge in [-0.2, -0.15) is 0 Å². The van der Waals surface area contributed by atoms with Crippen molar-refractivity contribution in [3.63, 3.8) is 0 Å². The van der Waals surface area contributed by atoms with Crippen molar-refractivity contribution < 1.29 is 0 Å². The summed E-state index contributed by atoms with van der Waals surface area (Å²) in [4.78, 5) is 0. The Morgan fingerprint density at radius 3 is 1.85 bits per heavy atom. The Labute approximate surface area is 128 Å². The molecule has 0 aliphatic heterocycles. The van der Waals surface area contributed by atoms with Gasteiger partial charge in [-0.15, -0.1) is 6.58 Å². The SMILES string of the molecule is C=CC.CC(C)C1CCC2C(C1)C(C)(C)CCC2(C)C. The Morgan fingerprint density at radius 2 is 1.40 bits per heavy atom. The smallest absolute Gasteiger partial charge is 0.0323 e. The summed E-state index contributed by atoms with van der Waals surface area (Å²) in [6.07, 6.45) is 9.10. The van der Waals surface area contributed by atoms with E-state index in [9.17, 15) is 0 Å². The van der Waals surface area contributed by atoms with E-state index in [0.29, 0.717) is 10.8 Å². The van der Waals surface area contributed by atoms with Crippen molar-refractivity contribution in [1.82, 2.24) is 0 Å². The average molecular weight is 279 g/mol. The number of hydrogen-bond acceptors (Lipinski definition) is 0. The van der Waals surface area contributed by atoms with E-state index in [2.05, 4.69) is 48.1 Å². The molecule has 2 saturated carbocycles. The van der Waals surface area contributed by atoms with Crippen molar-refractivity contribution >= 4 is 0 Å². The lowest BCUT2D eigenvalue weighted by Crippen LogP contribution is -2.47. The first-order valence-electron chi connectivity index (χ1n) is 8.72. The van der Waals surface area contributed by atoms with Gasteiger partial charge in [-0.1, -0.05) is 47.6 Å². The normalized spacial score (nSPS) is 34.7. The molecule has 0 heteroatoms. The van der Waals surface area contributed by atoms with Crippen LogP contribution in [0.5, 0.6) is 0 Å². The van der Waals surface area contributed by atoms with Crippen LogP contribution in [-0.2, 0) is 0 Å². The highest BCUT2D eigenvalue weighted by Gasteiger charge is 2.49. The Morgan fingerprint density at radius 1 is 0.950 bits per heavy atom.